The second-order valence-electron chi connectivity index (χ2n) is 4.00. The van der Waals surface area contributed by atoms with E-state index in [9.17, 15) is 8.78 Å². The highest BCUT2D eigenvalue weighted by Gasteiger charge is 2.16. The maximum absolute atomic E-state index is 13.7. The molecule has 0 aliphatic carbocycles. The Bertz CT molecular complexity index is 685. The number of rotatable bonds is 3. The molecule has 102 valence electrons. The molecule has 0 radical (unpaired) electrons. The summed E-state index contributed by atoms with van der Waals surface area (Å²) in [6.07, 6.45) is 0. The highest BCUT2D eigenvalue weighted by atomic mass is 79.9. The number of benzene rings is 2. The molecule has 0 bridgehead atoms. The summed E-state index contributed by atoms with van der Waals surface area (Å²) in [5, 5.41) is 12.5. The predicted molar refractivity (Wildman–Crippen MR) is 77.5 cm³/mol. The van der Waals surface area contributed by atoms with Crippen LogP contribution in [0.15, 0.2) is 40.9 Å². The van der Waals surface area contributed by atoms with Crippen molar-refractivity contribution in [3.63, 3.8) is 0 Å². The van der Waals surface area contributed by atoms with Crippen LogP contribution in [0.4, 0.5) is 14.5 Å². The zero-order valence-corrected chi connectivity index (χ0v) is 12.3. The normalized spacial score (nSPS) is 11.8. The summed E-state index contributed by atoms with van der Waals surface area (Å²) < 4.78 is 27.5. The third-order valence-corrected chi connectivity index (χ3v) is 3.84. The van der Waals surface area contributed by atoms with E-state index in [0.29, 0.717) is 15.2 Å². The van der Waals surface area contributed by atoms with Crippen molar-refractivity contribution in [2.75, 3.05) is 5.32 Å². The van der Waals surface area contributed by atoms with Gasteiger partial charge in [0.25, 0.3) is 0 Å². The van der Waals surface area contributed by atoms with Crippen molar-refractivity contribution >= 4 is 33.2 Å². The first kappa shape index (κ1) is 14.8. The first-order valence-electron chi connectivity index (χ1n) is 5.57. The van der Waals surface area contributed by atoms with Crippen LogP contribution in [-0.4, -0.2) is 0 Å². The van der Waals surface area contributed by atoms with Crippen LogP contribution in [0.2, 0.25) is 5.02 Å². The molecule has 2 aromatic rings. The number of hydrogen-bond donors (Lipinski definition) is 1. The molecule has 1 N–H and O–H groups in total. The third-order valence-electron chi connectivity index (χ3n) is 2.63. The third kappa shape index (κ3) is 3.27. The first-order valence-corrected chi connectivity index (χ1v) is 6.74. The van der Waals surface area contributed by atoms with Gasteiger partial charge in [0.2, 0.25) is 0 Å². The second-order valence-corrected chi connectivity index (χ2v) is 5.26. The van der Waals surface area contributed by atoms with E-state index in [1.54, 1.807) is 18.2 Å². The van der Waals surface area contributed by atoms with Crippen molar-refractivity contribution in [3.8, 4) is 6.07 Å². The summed E-state index contributed by atoms with van der Waals surface area (Å²) >= 11 is 9.12. The highest BCUT2D eigenvalue weighted by molar-refractivity contribution is 9.10. The van der Waals surface area contributed by atoms with E-state index in [-0.39, 0.29) is 5.56 Å². The molecule has 0 heterocycles. The molecule has 1 atom stereocenters. The van der Waals surface area contributed by atoms with Crippen LogP contribution in [0.25, 0.3) is 0 Å². The van der Waals surface area contributed by atoms with Crippen molar-refractivity contribution in [3.05, 3.63) is 63.1 Å². The van der Waals surface area contributed by atoms with Crippen LogP contribution < -0.4 is 5.32 Å². The van der Waals surface area contributed by atoms with Gasteiger partial charge >= 0.3 is 0 Å². The Labute approximate surface area is 128 Å². The van der Waals surface area contributed by atoms with Gasteiger partial charge in [0.05, 0.1) is 11.1 Å². The fraction of sp³-hybridized carbons (Fsp3) is 0.0714. The van der Waals surface area contributed by atoms with Crippen LogP contribution in [0.5, 0.6) is 0 Å². The van der Waals surface area contributed by atoms with Gasteiger partial charge in [-0.1, -0.05) is 11.6 Å². The Balaban J connectivity index is 2.31. The minimum Gasteiger partial charge on any atom is -0.366 e. The van der Waals surface area contributed by atoms with Crippen LogP contribution in [0.1, 0.15) is 11.6 Å². The molecule has 0 fully saturated rings. The fourth-order valence-electron chi connectivity index (χ4n) is 1.67. The lowest BCUT2D eigenvalue weighted by atomic mass is 10.1. The van der Waals surface area contributed by atoms with Gasteiger partial charge in [0.15, 0.2) is 0 Å². The second kappa shape index (κ2) is 6.21. The molecule has 0 saturated carbocycles. The SMILES string of the molecule is N#CC(Nc1ccc(Cl)c(Br)c1)c1cc(F)ccc1F. The molecule has 0 spiro atoms. The van der Waals surface area contributed by atoms with Crippen LogP contribution in [0.3, 0.4) is 0 Å². The molecule has 6 heteroatoms. The zero-order chi connectivity index (χ0) is 14.7. The molecular formula is C14H8BrClF2N2. The lowest BCUT2D eigenvalue weighted by molar-refractivity contribution is 0.583. The van der Waals surface area contributed by atoms with E-state index in [2.05, 4.69) is 21.2 Å². The summed E-state index contributed by atoms with van der Waals surface area (Å²) in [6.45, 7) is 0. The minimum atomic E-state index is -1.00. The molecular weight excluding hydrogens is 350 g/mol. The molecule has 0 amide bonds. The van der Waals surface area contributed by atoms with E-state index >= 15 is 0 Å². The molecule has 2 rings (SSSR count). The standard InChI is InChI=1S/C14H8BrClF2N2/c15-11-6-9(2-3-12(11)16)20-14(7-19)10-5-8(17)1-4-13(10)18/h1-6,14,20H. The molecule has 0 aliphatic rings. The smallest absolute Gasteiger partial charge is 0.143 e. The predicted octanol–water partition coefficient (Wildman–Crippen LogP) is 5.06. The largest absolute Gasteiger partial charge is 0.366 e. The van der Waals surface area contributed by atoms with Crippen molar-refractivity contribution in [1.82, 2.24) is 0 Å². The van der Waals surface area contributed by atoms with Gasteiger partial charge in [-0.05, 0) is 52.3 Å². The summed E-state index contributed by atoms with van der Waals surface area (Å²) in [5.74, 6) is -1.24. The van der Waals surface area contributed by atoms with Gasteiger partial charge in [0, 0.05) is 15.7 Å². The van der Waals surface area contributed by atoms with Gasteiger partial charge in [0.1, 0.15) is 17.7 Å². The Hall–Kier alpha value is -1.64. The summed E-state index contributed by atoms with van der Waals surface area (Å²) in [6, 6.07) is 8.84. The topological polar surface area (TPSA) is 35.8 Å². The summed E-state index contributed by atoms with van der Waals surface area (Å²) in [5.41, 5.74) is 0.523. The Morgan fingerprint density at radius 2 is 1.95 bits per heavy atom. The van der Waals surface area contributed by atoms with Crippen molar-refractivity contribution in [2.24, 2.45) is 0 Å². The molecule has 0 aromatic heterocycles. The van der Waals surface area contributed by atoms with E-state index in [4.69, 9.17) is 16.9 Å². The van der Waals surface area contributed by atoms with E-state index < -0.39 is 17.7 Å². The maximum Gasteiger partial charge on any atom is 0.143 e. The summed E-state index contributed by atoms with van der Waals surface area (Å²) in [4.78, 5) is 0. The van der Waals surface area contributed by atoms with Crippen LogP contribution >= 0.6 is 27.5 Å². The molecule has 0 aliphatic heterocycles. The average Bonchev–Trinajstić information content (AvgIpc) is 2.43. The molecule has 2 aromatic carbocycles. The molecule has 20 heavy (non-hydrogen) atoms. The van der Waals surface area contributed by atoms with E-state index in [0.717, 1.165) is 18.2 Å². The minimum absolute atomic E-state index is 0.0430. The average molecular weight is 358 g/mol. The van der Waals surface area contributed by atoms with Crippen molar-refractivity contribution < 1.29 is 8.78 Å². The van der Waals surface area contributed by atoms with E-state index in [1.807, 2.05) is 6.07 Å². The Morgan fingerprint density at radius 3 is 2.60 bits per heavy atom. The van der Waals surface area contributed by atoms with Crippen molar-refractivity contribution in [2.45, 2.75) is 6.04 Å². The van der Waals surface area contributed by atoms with Crippen LogP contribution in [-0.2, 0) is 0 Å². The summed E-state index contributed by atoms with van der Waals surface area (Å²) in [7, 11) is 0. The zero-order valence-electron chi connectivity index (χ0n) is 10.0. The van der Waals surface area contributed by atoms with Gasteiger partial charge in [-0.15, -0.1) is 0 Å². The first-order chi connectivity index (χ1) is 9.51. The highest BCUT2D eigenvalue weighted by Crippen LogP contribution is 2.28. The number of halogens is 4. The number of hydrogen-bond acceptors (Lipinski definition) is 2. The quantitative estimate of drug-likeness (QED) is 0.833. The van der Waals surface area contributed by atoms with Gasteiger partial charge in [-0.25, -0.2) is 8.78 Å². The molecule has 2 nitrogen and oxygen atoms in total. The number of nitriles is 1. The lowest BCUT2D eigenvalue weighted by Crippen LogP contribution is -2.10. The van der Waals surface area contributed by atoms with Gasteiger partial charge < -0.3 is 5.32 Å². The molecule has 0 saturated heterocycles. The number of anilines is 1. The van der Waals surface area contributed by atoms with E-state index in [1.165, 1.54) is 0 Å². The maximum atomic E-state index is 13.7. The lowest BCUT2D eigenvalue weighted by Gasteiger charge is -2.14. The number of nitrogens with one attached hydrogen (secondary N) is 1. The molecule has 1 unspecified atom stereocenters. The number of nitrogens with zero attached hydrogens (tertiary/aromatic N) is 1. The van der Waals surface area contributed by atoms with Crippen molar-refractivity contribution in [1.29, 1.82) is 5.26 Å². The Morgan fingerprint density at radius 1 is 1.20 bits per heavy atom. The monoisotopic (exact) mass is 356 g/mol. The Kier molecular flexibility index (Phi) is 4.58. The fourth-order valence-corrected chi connectivity index (χ4v) is 2.16. The van der Waals surface area contributed by atoms with Crippen LogP contribution in [0, 0.1) is 23.0 Å². The van der Waals surface area contributed by atoms with Gasteiger partial charge in [-0.3, -0.25) is 0 Å². The van der Waals surface area contributed by atoms with Gasteiger partial charge in [-0.2, -0.15) is 5.26 Å².